The topological polar surface area (TPSA) is 26.0 Å². The Bertz CT molecular complexity index is 152. The van der Waals surface area contributed by atoms with Crippen molar-refractivity contribution in [2.45, 2.75) is 19.9 Å². The van der Waals surface area contributed by atoms with E-state index in [0.29, 0.717) is 0 Å². The average Bonchev–Trinajstić information content (AvgIpc) is 1.88. The number of rotatable bonds is 3. The van der Waals surface area contributed by atoms with Crippen molar-refractivity contribution in [3.63, 3.8) is 0 Å². The van der Waals surface area contributed by atoms with Crippen molar-refractivity contribution in [2.75, 3.05) is 0 Å². The maximum atomic E-state index is 5.54. The lowest BCUT2D eigenvalue weighted by molar-refractivity contribution is 0.889. The van der Waals surface area contributed by atoms with Crippen LogP contribution in [0.2, 0.25) is 0 Å². The quantitative estimate of drug-likeness (QED) is 0.592. The van der Waals surface area contributed by atoms with E-state index in [1.165, 1.54) is 0 Å². The first-order valence-electron chi connectivity index (χ1n) is 3.42. The second-order valence-corrected chi connectivity index (χ2v) is 2.25. The van der Waals surface area contributed by atoms with Gasteiger partial charge in [-0.25, -0.2) is 0 Å². The Morgan fingerprint density at radius 3 is 2.50 bits per heavy atom. The van der Waals surface area contributed by atoms with Crippen LogP contribution in [0.3, 0.4) is 0 Å². The summed E-state index contributed by atoms with van der Waals surface area (Å²) in [4.78, 5) is 0. The van der Waals surface area contributed by atoms with Gasteiger partial charge in [-0.15, -0.1) is 0 Å². The van der Waals surface area contributed by atoms with Crippen LogP contribution in [0.1, 0.15) is 13.8 Å². The highest BCUT2D eigenvalue weighted by Crippen LogP contribution is 1.96. The van der Waals surface area contributed by atoms with Gasteiger partial charge in [0.2, 0.25) is 0 Å². The fourth-order valence-electron chi connectivity index (χ4n) is 0.442. The molecule has 1 nitrogen and oxygen atoms in total. The van der Waals surface area contributed by atoms with Gasteiger partial charge < -0.3 is 5.73 Å². The highest BCUT2D eigenvalue weighted by molar-refractivity contribution is 5.22. The minimum absolute atomic E-state index is 0.0570. The number of hydrogen-bond acceptors (Lipinski definition) is 1. The molecule has 0 radical (unpaired) electrons. The molecule has 0 rings (SSSR count). The van der Waals surface area contributed by atoms with Gasteiger partial charge in [0.1, 0.15) is 0 Å². The molecule has 56 valence electrons. The van der Waals surface area contributed by atoms with Crippen LogP contribution in [0.25, 0.3) is 0 Å². The van der Waals surface area contributed by atoms with E-state index in [1.807, 2.05) is 38.2 Å². The molecule has 0 amide bonds. The number of nitrogens with two attached hydrogens (primary N) is 1. The fourth-order valence-corrected chi connectivity index (χ4v) is 0.442. The minimum Gasteiger partial charge on any atom is -0.324 e. The van der Waals surface area contributed by atoms with Gasteiger partial charge in [-0.1, -0.05) is 30.9 Å². The molecule has 1 unspecified atom stereocenters. The van der Waals surface area contributed by atoms with Gasteiger partial charge in [-0.05, 0) is 19.4 Å². The zero-order valence-corrected chi connectivity index (χ0v) is 6.67. The first-order chi connectivity index (χ1) is 4.68. The summed E-state index contributed by atoms with van der Waals surface area (Å²) in [6.07, 6.45) is 7.77. The number of allylic oxidation sites excluding steroid dienone is 3. The summed E-state index contributed by atoms with van der Waals surface area (Å²) in [5.41, 5.74) is 6.50. The van der Waals surface area contributed by atoms with Crippen molar-refractivity contribution < 1.29 is 0 Å². The molecule has 0 aromatic carbocycles. The molecule has 0 heterocycles. The summed E-state index contributed by atoms with van der Waals surface area (Å²) in [5.74, 6) is 0. The Morgan fingerprint density at radius 2 is 2.10 bits per heavy atom. The fraction of sp³-hybridized carbons (Fsp3) is 0.333. The molecule has 0 bridgehead atoms. The molecule has 0 spiro atoms. The molecule has 2 N–H and O–H groups in total. The maximum absolute atomic E-state index is 5.54. The molecule has 0 fully saturated rings. The van der Waals surface area contributed by atoms with Crippen molar-refractivity contribution in [3.05, 3.63) is 36.5 Å². The van der Waals surface area contributed by atoms with Crippen molar-refractivity contribution >= 4 is 0 Å². The highest BCUT2D eigenvalue weighted by Gasteiger charge is 1.92. The first kappa shape index (κ1) is 9.18. The maximum Gasteiger partial charge on any atom is 0.0260 e. The summed E-state index contributed by atoms with van der Waals surface area (Å²) in [7, 11) is 0. The SMILES string of the molecule is C=C(/C=C\C=C/C)C(C)N. The van der Waals surface area contributed by atoms with Gasteiger partial charge in [0.15, 0.2) is 0 Å². The summed E-state index contributed by atoms with van der Waals surface area (Å²) in [5, 5.41) is 0. The minimum atomic E-state index is 0.0570. The zero-order chi connectivity index (χ0) is 7.98. The molecule has 1 atom stereocenters. The molecule has 10 heavy (non-hydrogen) atoms. The standard InChI is InChI=1S/C9H15N/c1-4-5-6-7-8(2)9(3)10/h4-7,9H,2,10H2,1,3H3/b5-4-,7-6-. The molecule has 0 aromatic heterocycles. The Balaban J connectivity index is 3.78. The van der Waals surface area contributed by atoms with Crippen LogP contribution in [0, 0.1) is 0 Å². The van der Waals surface area contributed by atoms with Crippen molar-refractivity contribution in [3.8, 4) is 0 Å². The van der Waals surface area contributed by atoms with Crippen LogP contribution in [-0.4, -0.2) is 6.04 Å². The van der Waals surface area contributed by atoms with Gasteiger partial charge in [0, 0.05) is 6.04 Å². The van der Waals surface area contributed by atoms with Crippen LogP contribution < -0.4 is 5.73 Å². The van der Waals surface area contributed by atoms with Gasteiger partial charge in [-0.3, -0.25) is 0 Å². The molecule has 0 saturated heterocycles. The van der Waals surface area contributed by atoms with Crippen LogP contribution in [0.15, 0.2) is 36.5 Å². The molecule has 0 aliphatic rings. The van der Waals surface area contributed by atoms with E-state index in [-0.39, 0.29) is 6.04 Å². The average molecular weight is 137 g/mol. The Morgan fingerprint density at radius 1 is 1.50 bits per heavy atom. The van der Waals surface area contributed by atoms with E-state index in [0.717, 1.165) is 5.57 Å². The predicted octanol–water partition coefficient (Wildman–Crippen LogP) is 2.02. The third-order valence-corrected chi connectivity index (χ3v) is 1.20. The Labute approximate surface area is 62.9 Å². The van der Waals surface area contributed by atoms with E-state index in [9.17, 15) is 0 Å². The smallest absolute Gasteiger partial charge is 0.0260 e. The lowest BCUT2D eigenvalue weighted by Gasteiger charge is -2.01. The lowest BCUT2D eigenvalue weighted by atomic mass is 10.1. The largest absolute Gasteiger partial charge is 0.324 e. The monoisotopic (exact) mass is 137 g/mol. The van der Waals surface area contributed by atoms with Crippen LogP contribution >= 0.6 is 0 Å². The van der Waals surface area contributed by atoms with Crippen molar-refractivity contribution in [1.82, 2.24) is 0 Å². The third kappa shape index (κ3) is 4.10. The van der Waals surface area contributed by atoms with E-state index >= 15 is 0 Å². The van der Waals surface area contributed by atoms with Gasteiger partial charge in [0.25, 0.3) is 0 Å². The molecular formula is C9H15N. The summed E-state index contributed by atoms with van der Waals surface area (Å²) in [6.45, 7) is 7.67. The predicted molar refractivity (Wildman–Crippen MR) is 46.7 cm³/mol. The Kier molecular flexibility index (Phi) is 4.59. The normalized spacial score (nSPS) is 14.7. The zero-order valence-electron chi connectivity index (χ0n) is 6.67. The van der Waals surface area contributed by atoms with E-state index < -0.39 is 0 Å². The molecule has 0 saturated carbocycles. The first-order valence-corrected chi connectivity index (χ1v) is 3.42. The summed E-state index contributed by atoms with van der Waals surface area (Å²) < 4.78 is 0. The van der Waals surface area contributed by atoms with Gasteiger partial charge >= 0.3 is 0 Å². The highest BCUT2D eigenvalue weighted by atomic mass is 14.6. The second-order valence-electron chi connectivity index (χ2n) is 2.25. The van der Waals surface area contributed by atoms with Crippen molar-refractivity contribution in [2.24, 2.45) is 5.73 Å². The Hall–Kier alpha value is -0.820. The second kappa shape index (κ2) is 5.00. The summed E-state index contributed by atoms with van der Waals surface area (Å²) >= 11 is 0. The van der Waals surface area contributed by atoms with Crippen LogP contribution in [0.5, 0.6) is 0 Å². The molecule has 1 heteroatoms. The van der Waals surface area contributed by atoms with Crippen LogP contribution in [-0.2, 0) is 0 Å². The molecular weight excluding hydrogens is 122 g/mol. The molecule has 0 aromatic rings. The van der Waals surface area contributed by atoms with Gasteiger partial charge in [0.05, 0.1) is 0 Å². The summed E-state index contributed by atoms with van der Waals surface area (Å²) in [6, 6.07) is 0.0570. The van der Waals surface area contributed by atoms with E-state index in [1.54, 1.807) is 0 Å². The van der Waals surface area contributed by atoms with E-state index in [4.69, 9.17) is 5.73 Å². The van der Waals surface area contributed by atoms with E-state index in [2.05, 4.69) is 6.58 Å². The number of hydrogen-bond donors (Lipinski definition) is 1. The molecule has 0 aliphatic carbocycles. The van der Waals surface area contributed by atoms with Gasteiger partial charge in [-0.2, -0.15) is 0 Å². The third-order valence-electron chi connectivity index (χ3n) is 1.20. The lowest BCUT2D eigenvalue weighted by Crippen LogP contribution is -2.15. The van der Waals surface area contributed by atoms with Crippen molar-refractivity contribution in [1.29, 1.82) is 0 Å². The molecule has 0 aliphatic heterocycles. The van der Waals surface area contributed by atoms with Crippen LogP contribution in [0.4, 0.5) is 0 Å².